The van der Waals surface area contributed by atoms with Crippen LogP contribution in [0, 0.1) is 6.92 Å². The highest BCUT2D eigenvalue weighted by atomic mass is 32.1. The Hall–Kier alpha value is -1.82. The molecular weight excluding hydrogens is 238 g/mol. The third-order valence-electron chi connectivity index (χ3n) is 2.49. The van der Waals surface area contributed by atoms with Crippen LogP contribution in [0.2, 0.25) is 0 Å². The van der Waals surface area contributed by atoms with Crippen LogP contribution >= 0.6 is 11.7 Å². The maximum absolute atomic E-state index is 5.77. The van der Waals surface area contributed by atoms with Crippen LogP contribution in [0.25, 0.3) is 11.3 Å². The molecule has 0 saturated heterocycles. The summed E-state index contributed by atoms with van der Waals surface area (Å²) in [4.78, 5) is 0. The van der Waals surface area contributed by atoms with Crippen LogP contribution in [0.1, 0.15) is 5.56 Å². The molecule has 0 aliphatic carbocycles. The van der Waals surface area contributed by atoms with Gasteiger partial charge in [0.2, 0.25) is 0 Å². The van der Waals surface area contributed by atoms with Crippen molar-refractivity contribution in [1.82, 2.24) is 8.75 Å². The van der Waals surface area contributed by atoms with Gasteiger partial charge in [0.1, 0.15) is 17.2 Å². The molecule has 5 nitrogen and oxygen atoms in total. The number of nitrogen functional groups attached to an aromatic ring is 1. The van der Waals surface area contributed by atoms with Gasteiger partial charge < -0.3 is 15.2 Å². The number of rotatable bonds is 3. The number of ether oxygens (including phenoxy) is 2. The van der Waals surface area contributed by atoms with Crippen molar-refractivity contribution in [3.8, 4) is 22.8 Å². The molecule has 0 saturated carbocycles. The first-order valence-corrected chi connectivity index (χ1v) is 5.71. The van der Waals surface area contributed by atoms with Crippen molar-refractivity contribution in [2.24, 2.45) is 0 Å². The summed E-state index contributed by atoms with van der Waals surface area (Å²) in [6, 6.07) is 3.76. The molecule has 1 aromatic carbocycles. The Kier molecular flexibility index (Phi) is 3.14. The number of benzene rings is 1. The first-order valence-electron chi connectivity index (χ1n) is 4.98. The normalized spacial score (nSPS) is 10.3. The first kappa shape index (κ1) is 11.7. The first-order chi connectivity index (χ1) is 8.17. The second-order valence-electron chi connectivity index (χ2n) is 3.52. The van der Waals surface area contributed by atoms with Crippen molar-refractivity contribution >= 4 is 17.5 Å². The van der Waals surface area contributed by atoms with Crippen LogP contribution in [0.4, 0.5) is 5.82 Å². The third kappa shape index (κ3) is 2.03. The topological polar surface area (TPSA) is 70.3 Å². The number of aromatic nitrogens is 2. The van der Waals surface area contributed by atoms with E-state index in [0.29, 0.717) is 17.3 Å². The minimum Gasteiger partial charge on any atom is -0.496 e. The molecule has 6 heteroatoms. The van der Waals surface area contributed by atoms with Crippen LogP contribution in [0.5, 0.6) is 11.5 Å². The zero-order chi connectivity index (χ0) is 12.4. The maximum atomic E-state index is 5.77. The van der Waals surface area contributed by atoms with E-state index in [1.54, 1.807) is 14.2 Å². The molecule has 0 spiro atoms. The molecule has 2 rings (SSSR count). The van der Waals surface area contributed by atoms with Crippen molar-refractivity contribution in [1.29, 1.82) is 0 Å². The molecule has 1 aromatic heterocycles. The lowest BCUT2D eigenvalue weighted by molar-refractivity contribution is 0.401. The van der Waals surface area contributed by atoms with Crippen LogP contribution in [0.3, 0.4) is 0 Å². The predicted octanol–water partition coefficient (Wildman–Crippen LogP) is 2.11. The average Bonchev–Trinajstić information content (AvgIpc) is 2.75. The van der Waals surface area contributed by atoms with E-state index in [9.17, 15) is 0 Å². The van der Waals surface area contributed by atoms with Gasteiger partial charge in [0.15, 0.2) is 5.82 Å². The molecule has 0 aliphatic heterocycles. The number of anilines is 1. The molecule has 0 fully saturated rings. The van der Waals surface area contributed by atoms with Crippen LogP contribution < -0.4 is 15.2 Å². The number of hydrogen-bond acceptors (Lipinski definition) is 6. The smallest absolute Gasteiger partial charge is 0.165 e. The van der Waals surface area contributed by atoms with Crippen LogP contribution in [0.15, 0.2) is 12.1 Å². The van der Waals surface area contributed by atoms with E-state index in [0.717, 1.165) is 28.6 Å². The van der Waals surface area contributed by atoms with E-state index in [2.05, 4.69) is 8.75 Å². The quantitative estimate of drug-likeness (QED) is 0.904. The zero-order valence-corrected chi connectivity index (χ0v) is 10.7. The minimum atomic E-state index is 0.402. The number of methoxy groups -OCH3 is 2. The standard InChI is InChI=1S/C11H13N3O2S/c1-6-4-9(16-3)7(5-8(6)15-2)10-11(12)14-17-13-10/h4-5H,1-3H3,(H2,12,14). The van der Waals surface area contributed by atoms with Gasteiger partial charge >= 0.3 is 0 Å². The Balaban J connectivity index is 2.63. The Bertz CT molecular complexity index is 540. The lowest BCUT2D eigenvalue weighted by Crippen LogP contribution is -1.95. The lowest BCUT2D eigenvalue weighted by atomic mass is 10.1. The van der Waals surface area contributed by atoms with Crippen molar-refractivity contribution in [3.05, 3.63) is 17.7 Å². The average molecular weight is 251 g/mol. The van der Waals surface area contributed by atoms with Gasteiger partial charge in [-0.05, 0) is 24.6 Å². The van der Waals surface area contributed by atoms with Crippen LogP contribution in [-0.2, 0) is 0 Å². The molecular formula is C11H13N3O2S. The van der Waals surface area contributed by atoms with Gasteiger partial charge in [0, 0.05) is 0 Å². The monoisotopic (exact) mass is 251 g/mol. The largest absolute Gasteiger partial charge is 0.496 e. The Morgan fingerprint density at radius 3 is 2.35 bits per heavy atom. The maximum Gasteiger partial charge on any atom is 0.165 e. The van der Waals surface area contributed by atoms with Crippen molar-refractivity contribution in [3.63, 3.8) is 0 Å². The Labute approximate surface area is 104 Å². The molecule has 0 aliphatic rings. The summed E-state index contributed by atoms with van der Waals surface area (Å²) in [6.07, 6.45) is 0. The molecule has 1 heterocycles. The molecule has 2 aromatic rings. The second kappa shape index (κ2) is 4.58. The van der Waals surface area contributed by atoms with Gasteiger partial charge in [-0.2, -0.15) is 8.75 Å². The number of nitrogens with zero attached hydrogens (tertiary/aromatic N) is 2. The van der Waals surface area contributed by atoms with Gasteiger partial charge in [0.05, 0.1) is 31.5 Å². The van der Waals surface area contributed by atoms with E-state index in [4.69, 9.17) is 15.2 Å². The van der Waals surface area contributed by atoms with E-state index >= 15 is 0 Å². The van der Waals surface area contributed by atoms with Gasteiger partial charge in [0.25, 0.3) is 0 Å². The number of hydrogen-bond donors (Lipinski definition) is 1. The summed E-state index contributed by atoms with van der Waals surface area (Å²) in [5.74, 6) is 1.88. The van der Waals surface area contributed by atoms with Gasteiger partial charge in [-0.15, -0.1) is 0 Å². The van der Waals surface area contributed by atoms with E-state index in [1.165, 1.54) is 0 Å². The molecule has 2 N–H and O–H groups in total. The van der Waals surface area contributed by atoms with Crippen LogP contribution in [-0.4, -0.2) is 23.0 Å². The molecule has 0 unspecified atom stereocenters. The molecule has 0 radical (unpaired) electrons. The summed E-state index contributed by atoms with van der Waals surface area (Å²) in [5.41, 5.74) is 8.18. The highest BCUT2D eigenvalue weighted by Crippen LogP contribution is 2.37. The molecule has 90 valence electrons. The number of aryl methyl sites for hydroxylation is 1. The van der Waals surface area contributed by atoms with Gasteiger partial charge in [-0.1, -0.05) is 0 Å². The second-order valence-corrected chi connectivity index (χ2v) is 4.05. The fourth-order valence-electron chi connectivity index (χ4n) is 1.62. The fraction of sp³-hybridized carbons (Fsp3) is 0.273. The highest BCUT2D eigenvalue weighted by molar-refractivity contribution is 6.99. The minimum absolute atomic E-state index is 0.402. The number of nitrogens with two attached hydrogens (primary N) is 1. The summed E-state index contributed by atoms with van der Waals surface area (Å²) in [7, 11) is 3.24. The predicted molar refractivity (Wildman–Crippen MR) is 67.6 cm³/mol. The molecule has 0 amide bonds. The molecule has 17 heavy (non-hydrogen) atoms. The lowest BCUT2D eigenvalue weighted by Gasteiger charge is -2.11. The summed E-state index contributed by atoms with van der Waals surface area (Å²) >= 11 is 1.08. The highest BCUT2D eigenvalue weighted by Gasteiger charge is 2.15. The van der Waals surface area contributed by atoms with Crippen molar-refractivity contribution in [2.75, 3.05) is 20.0 Å². The Morgan fingerprint density at radius 1 is 1.12 bits per heavy atom. The Morgan fingerprint density at radius 2 is 1.82 bits per heavy atom. The molecule has 0 bridgehead atoms. The van der Waals surface area contributed by atoms with E-state index < -0.39 is 0 Å². The van der Waals surface area contributed by atoms with E-state index in [-0.39, 0.29) is 0 Å². The zero-order valence-electron chi connectivity index (χ0n) is 9.85. The van der Waals surface area contributed by atoms with E-state index in [1.807, 2.05) is 19.1 Å². The van der Waals surface area contributed by atoms with Gasteiger partial charge in [-0.3, -0.25) is 0 Å². The van der Waals surface area contributed by atoms with Crippen molar-refractivity contribution < 1.29 is 9.47 Å². The van der Waals surface area contributed by atoms with Gasteiger partial charge in [-0.25, -0.2) is 0 Å². The summed E-state index contributed by atoms with van der Waals surface area (Å²) in [5, 5.41) is 0. The summed E-state index contributed by atoms with van der Waals surface area (Å²) < 4.78 is 18.7. The third-order valence-corrected chi connectivity index (χ3v) is 3.03. The fourth-order valence-corrected chi connectivity index (χ4v) is 2.11. The van der Waals surface area contributed by atoms with Crippen molar-refractivity contribution in [2.45, 2.75) is 6.92 Å². The molecule has 0 atom stereocenters. The summed E-state index contributed by atoms with van der Waals surface area (Å²) in [6.45, 7) is 1.95. The SMILES string of the molecule is COc1cc(-c2nsnc2N)c(OC)cc1C.